The quantitative estimate of drug-likeness (QED) is 0.588. The fourth-order valence-electron chi connectivity index (χ4n) is 2.40. The van der Waals surface area contributed by atoms with E-state index in [1.165, 1.54) is 51.7 Å². The molecule has 0 aromatic rings. The van der Waals surface area contributed by atoms with Crippen LogP contribution >= 0.6 is 0 Å². The summed E-state index contributed by atoms with van der Waals surface area (Å²) in [6.07, 6.45) is 7.35. The van der Waals surface area contributed by atoms with Crippen LogP contribution in [-0.4, -0.2) is 24.5 Å². The zero-order valence-electron chi connectivity index (χ0n) is 7.60. The average Bonchev–Trinajstić information content (AvgIpc) is 2.70. The number of hydrogen-bond acceptors (Lipinski definition) is 1. The summed E-state index contributed by atoms with van der Waals surface area (Å²) in [6, 6.07) is 0. The third-order valence-corrected chi connectivity index (χ3v) is 3.24. The number of likely N-dealkylation sites (tertiary alicyclic amines) is 1. The maximum absolute atomic E-state index is 2.66. The van der Waals surface area contributed by atoms with Crippen LogP contribution in [0.2, 0.25) is 0 Å². The molecule has 0 N–H and O–H groups in total. The molecule has 1 heteroatoms. The van der Waals surface area contributed by atoms with Gasteiger partial charge in [0.1, 0.15) is 0 Å². The second-order valence-corrected chi connectivity index (χ2v) is 4.38. The molecule has 11 heavy (non-hydrogen) atoms. The van der Waals surface area contributed by atoms with Crippen LogP contribution in [0.3, 0.4) is 0 Å². The van der Waals surface area contributed by atoms with Crippen molar-refractivity contribution in [2.24, 2.45) is 5.41 Å². The maximum atomic E-state index is 2.66. The molecule has 2 fully saturated rings. The summed E-state index contributed by atoms with van der Waals surface area (Å²) in [5.74, 6) is 0. The van der Waals surface area contributed by atoms with E-state index in [0.717, 1.165) is 5.41 Å². The number of nitrogens with zero attached hydrogens (tertiary/aromatic N) is 1. The molecule has 0 aromatic carbocycles. The van der Waals surface area contributed by atoms with Gasteiger partial charge in [-0.25, -0.2) is 0 Å². The van der Waals surface area contributed by atoms with Gasteiger partial charge in [-0.15, -0.1) is 0 Å². The second-order valence-electron chi connectivity index (χ2n) is 4.38. The normalized spacial score (nSPS) is 29.2. The lowest BCUT2D eigenvalue weighted by Crippen LogP contribution is -2.36. The Hall–Kier alpha value is -0.0400. The van der Waals surface area contributed by atoms with Gasteiger partial charge in [-0.3, -0.25) is 0 Å². The second kappa shape index (κ2) is 2.78. The molecule has 0 bridgehead atoms. The molecule has 1 spiro atoms. The van der Waals surface area contributed by atoms with Crippen molar-refractivity contribution in [3.8, 4) is 0 Å². The molecule has 0 aromatic heterocycles. The van der Waals surface area contributed by atoms with Crippen molar-refractivity contribution in [3.63, 3.8) is 0 Å². The van der Waals surface area contributed by atoms with Gasteiger partial charge in [-0.1, -0.05) is 6.92 Å². The van der Waals surface area contributed by atoms with Crippen LogP contribution in [0.15, 0.2) is 0 Å². The van der Waals surface area contributed by atoms with Crippen LogP contribution in [0.5, 0.6) is 0 Å². The summed E-state index contributed by atoms with van der Waals surface area (Å²) < 4.78 is 0. The monoisotopic (exact) mass is 153 g/mol. The summed E-state index contributed by atoms with van der Waals surface area (Å²) in [7, 11) is 0. The van der Waals surface area contributed by atoms with E-state index in [1.54, 1.807) is 0 Å². The first kappa shape index (κ1) is 7.60. The third-order valence-electron chi connectivity index (χ3n) is 3.24. The van der Waals surface area contributed by atoms with Crippen molar-refractivity contribution in [2.75, 3.05) is 19.6 Å². The molecule has 0 radical (unpaired) electrons. The van der Waals surface area contributed by atoms with Gasteiger partial charge in [-0.2, -0.15) is 0 Å². The highest BCUT2D eigenvalue weighted by Gasteiger charge is 2.44. The van der Waals surface area contributed by atoms with Crippen molar-refractivity contribution in [1.29, 1.82) is 0 Å². The van der Waals surface area contributed by atoms with Gasteiger partial charge in [0.2, 0.25) is 0 Å². The van der Waals surface area contributed by atoms with Crippen LogP contribution in [0.4, 0.5) is 0 Å². The van der Waals surface area contributed by atoms with Gasteiger partial charge >= 0.3 is 0 Å². The lowest BCUT2D eigenvalue weighted by Gasteiger charge is -2.32. The van der Waals surface area contributed by atoms with E-state index in [9.17, 15) is 0 Å². The molecule has 1 saturated carbocycles. The molecular formula is C10H19N. The molecule has 1 aliphatic heterocycles. The first-order chi connectivity index (χ1) is 5.35. The van der Waals surface area contributed by atoms with Crippen molar-refractivity contribution in [3.05, 3.63) is 0 Å². The Labute approximate surface area is 69.8 Å². The Morgan fingerprint density at radius 1 is 1.27 bits per heavy atom. The molecule has 2 rings (SSSR count). The SMILES string of the molecule is CCCN1CCCC2(CC2)C1. The largest absolute Gasteiger partial charge is 0.303 e. The van der Waals surface area contributed by atoms with Crippen LogP contribution in [0, 0.1) is 5.41 Å². The van der Waals surface area contributed by atoms with E-state index < -0.39 is 0 Å². The number of rotatable bonds is 2. The van der Waals surface area contributed by atoms with Gasteiger partial charge in [0.05, 0.1) is 0 Å². The summed E-state index contributed by atoms with van der Waals surface area (Å²) in [5.41, 5.74) is 0.827. The Balaban J connectivity index is 1.83. The highest BCUT2D eigenvalue weighted by molar-refractivity contribution is 4.97. The Bertz CT molecular complexity index is 136. The van der Waals surface area contributed by atoms with Crippen LogP contribution in [0.1, 0.15) is 39.0 Å². The van der Waals surface area contributed by atoms with Crippen molar-refractivity contribution >= 4 is 0 Å². The highest BCUT2D eigenvalue weighted by Crippen LogP contribution is 2.51. The van der Waals surface area contributed by atoms with Crippen molar-refractivity contribution in [1.82, 2.24) is 4.90 Å². The van der Waals surface area contributed by atoms with Crippen LogP contribution in [-0.2, 0) is 0 Å². The standard InChI is InChI=1S/C10H19N/c1-2-7-11-8-3-4-10(9-11)5-6-10/h2-9H2,1H3. The molecular weight excluding hydrogens is 134 g/mol. The summed E-state index contributed by atoms with van der Waals surface area (Å²) in [6.45, 7) is 6.41. The first-order valence-corrected chi connectivity index (χ1v) is 5.07. The third kappa shape index (κ3) is 1.58. The predicted molar refractivity (Wildman–Crippen MR) is 47.6 cm³/mol. The van der Waals surface area contributed by atoms with Crippen molar-refractivity contribution in [2.45, 2.75) is 39.0 Å². The molecule has 0 atom stereocenters. The van der Waals surface area contributed by atoms with Gasteiger partial charge in [-0.05, 0) is 50.6 Å². The fraction of sp³-hybridized carbons (Fsp3) is 1.00. The first-order valence-electron chi connectivity index (χ1n) is 5.07. The number of hydrogen-bond donors (Lipinski definition) is 0. The van der Waals surface area contributed by atoms with Gasteiger partial charge < -0.3 is 4.90 Å². The Kier molecular flexibility index (Phi) is 1.92. The van der Waals surface area contributed by atoms with Gasteiger partial charge in [0.25, 0.3) is 0 Å². The molecule has 1 saturated heterocycles. The predicted octanol–water partition coefficient (Wildman–Crippen LogP) is 2.27. The van der Waals surface area contributed by atoms with Crippen LogP contribution < -0.4 is 0 Å². The zero-order chi connectivity index (χ0) is 7.73. The average molecular weight is 153 g/mol. The van der Waals surface area contributed by atoms with E-state index >= 15 is 0 Å². The minimum atomic E-state index is 0.827. The molecule has 1 aliphatic carbocycles. The molecule has 1 nitrogen and oxygen atoms in total. The van der Waals surface area contributed by atoms with Crippen molar-refractivity contribution < 1.29 is 0 Å². The summed E-state index contributed by atoms with van der Waals surface area (Å²) >= 11 is 0. The Morgan fingerprint density at radius 3 is 2.73 bits per heavy atom. The van der Waals surface area contributed by atoms with Crippen LogP contribution in [0.25, 0.3) is 0 Å². The summed E-state index contributed by atoms with van der Waals surface area (Å²) in [5, 5.41) is 0. The summed E-state index contributed by atoms with van der Waals surface area (Å²) in [4.78, 5) is 2.66. The molecule has 2 aliphatic rings. The topological polar surface area (TPSA) is 3.24 Å². The molecule has 0 amide bonds. The maximum Gasteiger partial charge on any atom is 0.00380 e. The minimum absolute atomic E-state index is 0.827. The van der Waals surface area contributed by atoms with Gasteiger partial charge in [0.15, 0.2) is 0 Å². The Morgan fingerprint density at radius 2 is 2.09 bits per heavy atom. The number of piperidine rings is 1. The van der Waals surface area contributed by atoms with E-state index in [0.29, 0.717) is 0 Å². The molecule has 1 heterocycles. The minimum Gasteiger partial charge on any atom is -0.303 e. The molecule has 0 unspecified atom stereocenters. The van der Waals surface area contributed by atoms with E-state index in [1.807, 2.05) is 0 Å². The lowest BCUT2D eigenvalue weighted by molar-refractivity contribution is 0.161. The highest BCUT2D eigenvalue weighted by atomic mass is 15.1. The smallest absolute Gasteiger partial charge is 0.00380 e. The zero-order valence-corrected chi connectivity index (χ0v) is 7.60. The molecule has 64 valence electrons. The lowest BCUT2D eigenvalue weighted by atomic mass is 9.95. The van der Waals surface area contributed by atoms with E-state index in [4.69, 9.17) is 0 Å². The van der Waals surface area contributed by atoms with Gasteiger partial charge in [0, 0.05) is 6.54 Å². The fourth-order valence-corrected chi connectivity index (χ4v) is 2.40. The van der Waals surface area contributed by atoms with E-state index in [2.05, 4.69) is 11.8 Å². The van der Waals surface area contributed by atoms with E-state index in [-0.39, 0.29) is 0 Å².